The predicted octanol–water partition coefficient (Wildman–Crippen LogP) is 3.74. The summed E-state index contributed by atoms with van der Waals surface area (Å²) in [6.07, 6.45) is 3.96. The molecule has 1 aliphatic heterocycles. The maximum Gasteiger partial charge on any atom is 0.192 e. The molecule has 0 radical (unpaired) electrons. The summed E-state index contributed by atoms with van der Waals surface area (Å²) in [7, 11) is 3.87. The number of rotatable bonds is 8. The average molecular weight is 429 g/mol. The van der Waals surface area contributed by atoms with E-state index >= 15 is 0 Å². The number of aromatic nitrogens is 1. The third-order valence-electron chi connectivity index (χ3n) is 6.68. The summed E-state index contributed by atoms with van der Waals surface area (Å²) in [6.45, 7) is 7.67. The number of likely N-dealkylation sites (tertiary alicyclic amines) is 1. The molecule has 1 saturated heterocycles. The molecule has 1 saturated carbocycles. The van der Waals surface area contributed by atoms with Crippen molar-refractivity contribution in [2.75, 3.05) is 39.5 Å². The molecule has 6 nitrogen and oxygen atoms in total. The number of phenols is 1. The number of thioether (sulfide) groups is 1. The Morgan fingerprint density at radius 2 is 2.20 bits per heavy atom. The van der Waals surface area contributed by atoms with E-state index in [2.05, 4.69) is 45.9 Å². The molecule has 4 rings (SSSR count). The van der Waals surface area contributed by atoms with Gasteiger partial charge in [0.2, 0.25) is 0 Å². The van der Waals surface area contributed by atoms with Crippen molar-refractivity contribution < 1.29 is 9.52 Å². The van der Waals surface area contributed by atoms with Gasteiger partial charge in [-0.15, -0.1) is 11.8 Å². The molecule has 1 aromatic carbocycles. The molecule has 1 aromatic heterocycles. The molecular formula is C23H32N4O2S. The number of oxazole rings is 1. The number of piperidine rings is 1. The van der Waals surface area contributed by atoms with Crippen LogP contribution in [0.25, 0.3) is 0 Å². The lowest BCUT2D eigenvalue weighted by molar-refractivity contribution is 0.299. The molecule has 0 bridgehead atoms. The van der Waals surface area contributed by atoms with Gasteiger partial charge in [-0.3, -0.25) is 4.99 Å². The minimum atomic E-state index is 0.309. The van der Waals surface area contributed by atoms with Gasteiger partial charge in [-0.05, 0) is 62.6 Å². The summed E-state index contributed by atoms with van der Waals surface area (Å²) in [4.78, 5) is 13.4. The lowest BCUT2D eigenvalue weighted by Gasteiger charge is -2.27. The first-order chi connectivity index (χ1) is 14.4. The third-order valence-corrected chi connectivity index (χ3v) is 8.00. The smallest absolute Gasteiger partial charge is 0.192 e. The van der Waals surface area contributed by atoms with Crippen LogP contribution in [-0.2, 0) is 5.41 Å². The summed E-state index contributed by atoms with van der Waals surface area (Å²) in [5.41, 5.74) is 2.61. The van der Waals surface area contributed by atoms with Crippen molar-refractivity contribution in [1.82, 2.24) is 14.8 Å². The molecule has 3 unspecified atom stereocenters. The Hall–Kier alpha value is -1.99. The SMILES string of the molecule is CN=C(c1ocnc1C)N(C)C(C)SCCCN1CC2CC2(c2ccc(O)cc2)C1. The average Bonchev–Trinajstić information content (AvgIpc) is 3.06. The second-order valence-corrected chi connectivity index (χ2v) is 10.0. The summed E-state index contributed by atoms with van der Waals surface area (Å²) in [5, 5.41) is 9.87. The highest BCUT2D eigenvalue weighted by Gasteiger charge is 2.60. The number of hydrogen-bond acceptors (Lipinski definition) is 6. The van der Waals surface area contributed by atoms with Crippen molar-refractivity contribution in [1.29, 1.82) is 0 Å². The second-order valence-electron chi connectivity index (χ2n) is 8.59. The van der Waals surface area contributed by atoms with E-state index in [9.17, 15) is 5.11 Å². The number of hydrogen-bond donors (Lipinski definition) is 1. The van der Waals surface area contributed by atoms with Gasteiger partial charge in [-0.25, -0.2) is 4.98 Å². The van der Waals surface area contributed by atoms with Crippen molar-refractivity contribution in [2.24, 2.45) is 10.9 Å². The van der Waals surface area contributed by atoms with Gasteiger partial charge in [-0.1, -0.05) is 12.1 Å². The zero-order valence-corrected chi connectivity index (χ0v) is 19.2. The van der Waals surface area contributed by atoms with Crippen molar-refractivity contribution in [3.63, 3.8) is 0 Å². The molecule has 162 valence electrons. The Labute approximate surface area is 183 Å². The molecule has 2 aliphatic rings. The first-order valence-corrected chi connectivity index (χ1v) is 11.7. The highest BCUT2D eigenvalue weighted by molar-refractivity contribution is 7.99. The largest absolute Gasteiger partial charge is 0.508 e. The summed E-state index contributed by atoms with van der Waals surface area (Å²) < 4.78 is 5.53. The molecule has 7 heteroatoms. The van der Waals surface area contributed by atoms with Crippen LogP contribution in [0.5, 0.6) is 5.75 Å². The van der Waals surface area contributed by atoms with Crippen molar-refractivity contribution in [3.8, 4) is 5.75 Å². The van der Waals surface area contributed by atoms with E-state index in [0.717, 1.165) is 42.1 Å². The quantitative estimate of drug-likeness (QED) is 0.299. The number of benzene rings is 1. The van der Waals surface area contributed by atoms with Gasteiger partial charge in [0.1, 0.15) is 5.75 Å². The van der Waals surface area contributed by atoms with Crippen molar-refractivity contribution in [3.05, 3.63) is 47.7 Å². The van der Waals surface area contributed by atoms with Crippen LogP contribution >= 0.6 is 11.8 Å². The predicted molar refractivity (Wildman–Crippen MR) is 122 cm³/mol. The lowest BCUT2D eigenvalue weighted by atomic mass is 9.95. The maximum absolute atomic E-state index is 9.56. The number of amidine groups is 1. The topological polar surface area (TPSA) is 65.1 Å². The number of aromatic hydroxyl groups is 1. The number of nitrogens with zero attached hydrogens (tertiary/aromatic N) is 4. The Morgan fingerprint density at radius 3 is 2.87 bits per heavy atom. The Morgan fingerprint density at radius 1 is 1.43 bits per heavy atom. The number of phenolic OH excluding ortho intramolecular Hbond substituents is 1. The van der Waals surface area contributed by atoms with E-state index < -0.39 is 0 Å². The van der Waals surface area contributed by atoms with Crippen LogP contribution in [0.2, 0.25) is 0 Å². The molecule has 3 atom stereocenters. The first-order valence-electron chi connectivity index (χ1n) is 10.7. The molecule has 0 spiro atoms. The zero-order chi connectivity index (χ0) is 21.3. The Kier molecular flexibility index (Phi) is 6.11. The van der Waals surface area contributed by atoms with E-state index in [4.69, 9.17) is 4.42 Å². The number of aryl methyl sites for hydroxylation is 1. The first kappa shape index (κ1) is 21.2. The number of fused-ring (bicyclic) bond motifs is 1. The van der Waals surface area contributed by atoms with Crippen LogP contribution < -0.4 is 0 Å². The summed E-state index contributed by atoms with van der Waals surface area (Å²) in [5.74, 6) is 3.86. The van der Waals surface area contributed by atoms with Gasteiger partial charge >= 0.3 is 0 Å². The van der Waals surface area contributed by atoms with Crippen molar-refractivity contribution in [2.45, 2.75) is 37.5 Å². The fourth-order valence-corrected chi connectivity index (χ4v) is 5.72. The van der Waals surface area contributed by atoms with E-state index in [1.54, 1.807) is 7.05 Å². The standard InChI is InChI=1S/C23H32N4O2S/c1-16-21(29-15-25-16)22(24-3)26(4)17(2)30-11-5-10-27-13-19-12-23(19,14-27)18-6-8-20(28)9-7-18/h6-9,15,17,19,28H,5,10-14H2,1-4H3. The molecule has 1 aliphatic carbocycles. The van der Waals surface area contributed by atoms with E-state index in [1.165, 1.54) is 31.3 Å². The maximum atomic E-state index is 9.56. The minimum Gasteiger partial charge on any atom is -0.508 e. The highest BCUT2D eigenvalue weighted by Crippen LogP contribution is 2.59. The normalized spacial score (nSPS) is 24.7. The van der Waals surface area contributed by atoms with Crippen LogP contribution in [0.1, 0.15) is 36.8 Å². The van der Waals surface area contributed by atoms with Gasteiger partial charge in [0.15, 0.2) is 18.0 Å². The van der Waals surface area contributed by atoms with E-state index in [0.29, 0.717) is 16.5 Å². The van der Waals surface area contributed by atoms with Crippen LogP contribution in [0.4, 0.5) is 0 Å². The van der Waals surface area contributed by atoms with Gasteiger partial charge in [0.05, 0.1) is 11.1 Å². The fourth-order valence-electron chi connectivity index (χ4n) is 4.76. The van der Waals surface area contributed by atoms with Crippen LogP contribution in [-0.4, -0.2) is 70.6 Å². The molecule has 2 fully saturated rings. The molecule has 2 aromatic rings. The second kappa shape index (κ2) is 8.63. The summed E-state index contributed by atoms with van der Waals surface area (Å²) in [6, 6.07) is 7.86. The Balaban J connectivity index is 1.22. The van der Waals surface area contributed by atoms with Crippen LogP contribution in [0.15, 0.2) is 40.1 Å². The van der Waals surface area contributed by atoms with Crippen LogP contribution in [0.3, 0.4) is 0 Å². The summed E-state index contributed by atoms with van der Waals surface area (Å²) >= 11 is 1.95. The van der Waals surface area contributed by atoms with Gasteiger partial charge in [-0.2, -0.15) is 0 Å². The lowest BCUT2D eigenvalue weighted by Crippen LogP contribution is -2.34. The van der Waals surface area contributed by atoms with Crippen LogP contribution in [0, 0.1) is 12.8 Å². The molecular weight excluding hydrogens is 396 g/mol. The third kappa shape index (κ3) is 4.10. The van der Waals surface area contributed by atoms with E-state index in [1.807, 2.05) is 30.8 Å². The van der Waals surface area contributed by atoms with Gasteiger partial charge in [0, 0.05) is 32.6 Å². The van der Waals surface area contributed by atoms with Gasteiger partial charge in [0.25, 0.3) is 0 Å². The highest BCUT2D eigenvalue weighted by atomic mass is 32.2. The molecule has 30 heavy (non-hydrogen) atoms. The number of aliphatic imine (C=N–C) groups is 1. The fraction of sp³-hybridized carbons (Fsp3) is 0.565. The minimum absolute atomic E-state index is 0.309. The van der Waals surface area contributed by atoms with Gasteiger partial charge < -0.3 is 19.3 Å². The molecule has 2 heterocycles. The van der Waals surface area contributed by atoms with E-state index in [-0.39, 0.29) is 0 Å². The molecule has 1 N–H and O–H groups in total. The Bertz CT molecular complexity index is 897. The van der Waals surface area contributed by atoms with Crippen molar-refractivity contribution >= 4 is 17.6 Å². The zero-order valence-electron chi connectivity index (χ0n) is 18.3. The molecule has 0 amide bonds. The monoisotopic (exact) mass is 428 g/mol.